The van der Waals surface area contributed by atoms with E-state index in [0.29, 0.717) is 23.5 Å². The molecule has 0 fully saturated rings. The molecule has 0 aromatic heterocycles. The van der Waals surface area contributed by atoms with Gasteiger partial charge in [0.15, 0.2) is 0 Å². The van der Waals surface area contributed by atoms with Gasteiger partial charge >= 0.3 is 18.2 Å². The molecule has 3 rings (SSSR count). The Bertz CT molecular complexity index is 1120. The first-order chi connectivity index (χ1) is 15.5. The van der Waals surface area contributed by atoms with Crippen LogP contribution in [-0.4, -0.2) is 12.1 Å². The molecule has 0 saturated heterocycles. The highest BCUT2D eigenvalue weighted by Gasteiger charge is 2.32. The van der Waals surface area contributed by atoms with Crippen LogP contribution in [0.5, 0.6) is 0 Å². The lowest BCUT2D eigenvalue weighted by Gasteiger charge is -2.17. The summed E-state index contributed by atoms with van der Waals surface area (Å²) in [7, 11) is 0. The minimum absolute atomic E-state index is 0.262. The van der Waals surface area contributed by atoms with Gasteiger partial charge in [-0.2, -0.15) is 13.2 Å². The van der Waals surface area contributed by atoms with E-state index < -0.39 is 23.8 Å². The fourth-order valence-electron chi connectivity index (χ4n) is 2.99. The van der Waals surface area contributed by atoms with E-state index in [1.807, 2.05) is 26.0 Å². The van der Waals surface area contributed by atoms with Crippen molar-refractivity contribution >= 4 is 46.4 Å². The monoisotopic (exact) mass is 476 g/mol. The molecule has 3 aromatic carbocycles. The van der Waals surface area contributed by atoms with E-state index in [2.05, 4.69) is 21.3 Å². The van der Waals surface area contributed by atoms with Crippen LogP contribution in [0.15, 0.2) is 60.7 Å². The third-order valence-electron chi connectivity index (χ3n) is 4.45. The molecule has 3 aromatic rings. The summed E-state index contributed by atoms with van der Waals surface area (Å²) in [6.45, 7) is 3.65. The Balaban J connectivity index is 1.83. The summed E-state index contributed by atoms with van der Waals surface area (Å²) in [6.07, 6.45) is -4.74. The van der Waals surface area contributed by atoms with E-state index in [4.69, 9.17) is 11.6 Å². The standard InChI is InChI=1S/C23H20ClF3N4O2/c1-13-5-3-7-16(9-13)28-21(32)30-18-11-15(23(25,26)27)12-19(20(18)24)31-22(33)29-17-8-4-6-14(2)10-17/h3-12H,1-2H3,(H2,28,30,32)(H2,29,31,33). The number of rotatable bonds is 4. The third kappa shape index (κ3) is 6.63. The highest BCUT2D eigenvalue weighted by Crippen LogP contribution is 2.39. The maximum Gasteiger partial charge on any atom is 0.416 e. The van der Waals surface area contributed by atoms with Gasteiger partial charge in [-0.25, -0.2) is 9.59 Å². The molecule has 0 aliphatic rings. The average Bonchev–Trinajstić information content (AvgIpc) is 2.70. The topological polar surface area (TPSA) is 82.3 Å². The molecule has 0 saturated carbocycles. The Kier molecular flexibility index (Phi) is 7.13. The Morgan fingerprint density at radius 3 is 1.52 bits per heavy atom. The number of amides is 4. The van der Waals surface area contributed by atoms with Crippen LogP contribution in [-0.2, 0) is 6.18 Å². The van der Waals surface area contributed by atoms with Crippen LogP contribution in [0.4, 0.5) is 45.5 Å². The van der Waals surface area contributed by atoms with Gasteiger partial charge in [0.25, 0.3) is 0 Å². The number of carbonyl (C=O) groups excluding carboxylic acids is 2. The number of benzene rings is 3. The number of alkyl halides is 3. The summed E-state index contributed by atoms with van der Waals surface area (Å²) in [6, 6.07) is 13.5. The smallest absolute Gasteiger partial charge is 0.308 e. The average molecular weight is 477 g/mol. The molecule has 172 valence electrons. The van der Waals surface area contributed by atoms with Gasteiger partial charge in [0.1, 0.15) is 0 Å². The third-order valence-corrected chi connectivity index (χ3v) is 4.86. The maximum absolute atomic E-state index is 13.4. The van der Waals surface area contributed by atoms with Gasteiger partial charge in [0.05, 0.1) is 22.0 Å². The molecule has 0 unspecified atom stereocenters. The number of nitrogens with one attached hydrogen (secondary N) is 4. The fraction of sp³-hybridized carbons (Fsp3) is 0.130. The van der Waals surface area contributed by atoms with E-state index >= 15 is 0 Å². The van der Waals surface area contributed by atoms with Crippen molar-refractivity contribution in [1.82, 2.24) is 0 Å². The molecule has 33 heavy (non-hydrogen) atoms. The van der Waals surface area contributed by atoms with E-state index in [1.165, 1.54) is 0 Å². The lowest BCUT2D eigenvalue weighted by atomic mass is 10.1. The van der Waals surface area contributed by atoms with Crippen LogP contribution in [0.2, 0.25) is 5.02 Å². The number of urea groups is 2. The molecule has 0 spiro atoms. The van der Waals surface area contributed by atoms with Crippen molar-refractivity contribution in [1.29, 1.82) is 0 Å². The number of halogens is 4. The van der Waals surface area contributed by atoms with Crippen molar-refractivity contribution in [2.24, 2.45) is 0 Å². The largest absolute Gasteiger partial charge is 0.416 e. The van der Waals surface area contributed by atoms with Crippen molar-refractivity contribution in [3.8, 4) is 0 Å². The number of hydrogen-bond donors (Lipinski definition) is 4. The summed E-state index contributed by atoms with van der Waals surface area (Å²) >= 11 is 6.22. The Labute approximate surface area is 193 Å². The van der Waals surface area contributed by atoms with E-state index in [0.717, 1.165) is 11.1 Å². The highest BCUT2D eigenvalue weighted by atomic mass is 35.5. The van der Waals surface area contributed by atoms with Crippen molar-refractivity contribution in [2.75, 3.05) is 21.3 Å². The maximum atomic E-state index is 13.4. The Morgan fingerprint density at radius 1 is 0.727 bits per heavy atom. The molecule has 0 aliphatic carbocycles. The van der Waals surface area contributed by atoms with E-state index in [-0.39, 0.29) is 16.4 Å². The minimum Gasteiger partial charge on any atom is -0.308 e. The number of aryl methyl sites for hydroxylation is 2. The highest BCUT2D eigenvalue weighted by molar-refractivity contribution is 6.37. The van der Waals surface area contributed by atoms with Gasteiger partial charge in [-0.3, -0.25) is 0 Å². The second-order valence-electron chi connectivity index (χ2n) is 7.28. The molecule has 10 heteroatoms. The molecule has 4 N–H and O–H groups in total. The predicted octanol–water partition coefficient (Wildman–Crippen LogP) is 7.26. The van der Waals surface area contributed by atoms with Crippen LogP contribution >= 0.6 is 11.6 Å². The first kappa shape index (κ1) is 23.9. The summed E-state index contributed by atoms with van der Waals surface area (Å²) < 4.78 is 40.3. The summed E-state index contributed by atoms with van der Waals surface area (Å²) in [5.74, 6) is 0. The van der Waals surface area contributed by atoms with Crippen molar-refractivity contribution < 1.29 is 22.8 Å². The molecule has 0 bridgehead atoms. The first-order valence-electron chi connectivity index (χ1n) is 9.71. The zero-order valence-electron chi connectivity index (χ0n) is 17.6. The van der Waals surface area contributed by atoms with Crippen LogP contribution < -0.4 is 21.3 Å². The number of anilines is 4. The van der Waals surface area contributed by atoms with Crippen LogP contribution in [0.25, 0.3) is 0 Å². The van der Waals surface area contributed by atoms with Crippen LogP contribution in [0, 0.1) is 13.8 Å². The van der Waals surface area contributed by atoms with Gasteiger partial charge < -0.3 is 21.3 Å². The SMILES string of the molecule is Cc1cccc(NC(=O)Nc2cc(C(F)(F)F)cc(NC(=O)Nc3cccc(C)c3)c2Cl)c1. The molecule has 0 atom stereocenters. The van der Waals surface area contributed by atoms with Crippen molar-refractivity contribution in [3.05, 3.63) is 82.4 Å². The normalized spacial score (nSPS) is 11.0. The second kappa shape index (κ2) is 9.83. The van der Waals surface area contributed by atoms with Crippen LogP contribution in [0.1, 0.15) is 16.7 Å². The summed E-state index contributed by atoms with van der Waals surface area (Å²) in [5.41, 5.74) is 0.943. The number of hydrogen-bond acceptors (Lipinski definition) is 2. The van der Waals surface area contributed by atoms with Gasteiger partial charge in [0.2, 0.25) is 0 Å². The lowest BCUT2D eigenvalue weighted by Crippen LogP contribution is -2.22. The van der Waals surface area contributed by atoms with Gasteiger partial charge in [0, 0.05) is 11.4 Å². The fourth-order valence-corrected chi connectivity index (χ4v) is 3.19. The lowest BCUT2D eigenvalue weighted by molar-refractivity contribution is -0.137. The zero-order valence-corrected chi connectivity index (χ0v) is 18.4. The van der Waals surface area contributed by atoms with E-state index in [9.17, 15) is 22.8 Å². The first-order valence-corrected chi connectivity index (χ1v) is 10.1. The molecule has 0 radical (unpaired) electrons. The molecule has 0 aliphatic heterocycles. The van der Waals surface area contributed by atoms with Gasteiger partial charge in [-0.1, -0.05) is 35.9 Å². The Hall–Kier alpha value is -3.72. The van der Waals surface area contributed by atoms with Gasteiger partial charge in [-0.15, -0.1) is 0 Å². The van der Waals surface area contributed by atoms with E-state index in [1.54, 1.807) is 36.4 Å². The predicted molar refractivity (Wildman–Crippen MR) is 124 cm³/mol. The minimum atomic E-state index is -4.74. The van der Waals surface area contributed by atoms with Crippen LogP contribution in [0.3, 0.4) is 0 Å². The van der Waals surface area contributed by atoms with Gasteiger partial charge in [-0.05, 0) is 61.4 Å². The molecular formula is C23H20ClF3N4O2. The molecule has 0 heterocycles. The Morgan fingerprint density at radius 2 is 1.15 bits per heavy atom. The molecule has 6 nitrogen and oxygen atoms in total. The summed E-state index contributed by atoms with van der Waals surface area (Å²) in [4.78, 5) is 24.7. The summed E-state index contributed by atoms with van der Waals surface area (Å²) in [5, 5.41) is 9.40. The molecule has 4 amide bonds. The van der Waals surface area contributed by atoms with Crippen molar-refractivity contribution in [3.63, 3.8) is 0 Å². The second-order valence-corrected chi connectivity index (χ2v) is 7.66. The van der Waals surface area contributed by atoms with Crippen molar-refractivity contribution in [2.45, 2.75) is 20.0 Å². The number of carbonyl (C=O) groups is 2. The zero-order chi connectivity index (χ0) is 24.2. The molecular weight excluding hydrogens is 457 g/mol. The quantitative estimate of drug-likeness (QED) is 0.319.